The molecule has 2 aromatic carbocycles. The number of nitrogens with one attached hydrogen (secondary N) is 2. The minimum atomic E-state index is -0.128. The van der Waals surface area contributed by atoms with Gasteiger partial charge in [-0.2, -0.15) is 0 Å². The maximum absolute atomic E-state index is 12.2. The van der Waals surface area contributed by atoms with Crippen LogP contribution in [0.15, 0.2) is 47.6 Å². The largest absolute Gasteiger partial charge is 0.378 e. The fourth-order valence-electron chi connectivity index (χ4n) is 2.65. The SMILES string of the molecule is CCn1c(CNc2ccc(C)c(Cl)c2)nnc1SCC(=O)Nc1cccc(Cl)c1. The third-order valence-corrected chi connectivity index (χ3v) is 5.78. The number of hydrogen-bond acceptors (Lipinski definition) is 5. The van der Waals surface area contributed by atoms with Crippen LogP contribution in [0.1, 0.15) is 18.3 Å². The zero-order valence-electron chi connectivity index (χ0n) is 16.1. The van der Waals surface area contributed by atoms with Gasteiger partial charge in [-0.3, -0.25) is 4.79 Å². The molecule has 0 aliphatic rings. The molecular formula is C20H21Cl2N5OS. The highest BCUT2D eigenvalue weighted by Gasteiger charge is 2.13. The van der Waals surface area contributed by atoms with Crippen LogP contribution in [0.2, 0.25) is 10.0 Å². The number of amides is 1. The second-order valence-electron chi connectivity index (χ2n) is 6.31. The van der Waals surface area contributed by atoms with Gasteiger partial charge in [0.1, 0.15) is 0 Å². The van der Waals surface area contributed by atoms with Gasteiger partial charge in [-0.15, -0.1) is 10.2 Å². The first-order valence-corrected chi connectivity index (χ1v) is 10.8. The van der Waals surface area contributed by atoms with Gasteiger partial charge < -0.3 is 15.2 Å². The zero-order valence-corrected chi connectivity index (χ0v) is 18.4. The third kappa shape index (κ3) is 5.88. The number of carbonyl (C=O) groups excluding carboxylic acids is 1. The van der Waals surface area contributed by atoms with Gasteiger partial charge in [0.15, 0.2) is 11.0 Å². The lowest BCUT2D eigenvalue weighted by atomic mass is 10.2. The van der Waals surface area contributed by atoms with Crippen molar-refractivity contribution < 1.29 is 4.79 Å². The summed E-state index contributed by atoms with van der Waals surface area (Å²) in [6.07, 6.45) is 0. The van der Waals surface area contributed by atoms with Gasteiger partial charge in [0.2, 0.25) is 5.91 Å². The van der Waals surface area contributed by atoms with Gasteiger partial charge in [-0.1, -0.05) is 47.1 Å². The number of aromatic nitrogens is 3. The van der Waals surface area contributed by atoms with Crippen LogP contribution in [-0.4, -0.2) is 26.4 Å². The molecule has 1 amide bonds. The van der Waals surface area contributed by atoms with Crippen molar-refractivity contribution in [1.82, 2.24) is 14.8 Å². The number of anilines is 2. The number of aryl methyl sites for hydroxylation is 1. The molecule has 0 aliphatic carbocycles. The van der Waals surface area contributed by atoms with Crippen LogP contribution in [0, 0.1) is 6.92 Å². The van der Waals surface area contributed by atoms with Crippen molar-refractivity contribution in [3.8, 4) is 0 Å². The van der Waals surface area contributed by atoms with Crippen molar-refractivity contribution in [3.05, 3.63) is 63.9 Å². The normalized spacial score (nSPS) is 10.8. The van der Waals surface area contributed by atoms with Crippen LogP contribution in [0.25, 0.3) is 0 Å². The second-order valence-corrected chi connectivity index (χ2v) is 8.09. The Labute approximate surface area is 184 Å². The van der Waals surface area contributed by atoms with Gasteiger partial charge in [0.05, 0.1) is 12.3 Å². The fourth-order valence-corrected chi connectivity index (χ4v) is 3.84. The number of carbonyl (C=O) groups is 1. The summed E-state index contributed by atoms with van der Waals surface area (Å²) in [7, 11) is 0. The van der Waals surface area contributed by atoms with E-state index < -0.39 is 0 Å². The van der Waals surface area contributed by atoms with Crippen molar-refractivity contribution in [2.24, 2.45) is 0 Å². The molecule has 0 bridgehead atoms. The monoisotopic (exact) mass is 449 g/mol. The van der Waals surface area contributed by atoms with E-state index in [-0.39, 0.29) is 11.7 Å². The highest BCUT2D eigenvalue weighted by atomic mass is 35.5. The Morgan fingerprint density at radius 3 is 2.69 bits per heavy atom. The summed E-state index contributed by atoms with van der Waals surface area (Å²) in [5.41, 5.74) is 2.62. The Morgan fingerprint density at radius 2 is 1.97 bits per heavy atom. The Morgan fingerprint density at radius 1 is 1.14 bits per heavy atom. The van der Waals surface area contributed by atoms with Crippen LogP contribution < -0.4 is 10.6 Å². The minimum Gasteiger partial charge on any atom is -0.378 e. The summed E-state index contributed by atoms with van der Waals surface area (Å²) in [5, 5.41) is 16.6. The molecule has 152 valence electrons. The standard InChI is InChI=1S/C20H21Cl2N5OS/c1-3-27-18(11-23-15-8-7-13(2)17(22)10-15)25-26-20(27)29-12-19(28)24-16-6-4-5-14(21)9-16/h4-10,23H,3,11-12H2,1-2H3,(H,24,28). The van der Waals surface area contributed by atoms with Crippen LogP contribution >= 0.6 is 35.0 Å². The first-order chi connectivity index (χ1) is 14.0. The molecule has 3 aromatic rings. The summed E-state index contributed by atoms with van der Waals surface area (Å²) < 4.78 is 1.99. The lowest BCUT2D eigenvalue weighted by Gasteiger charge is -2.10. The maximum atomic E-state index is 12.2. The van der Waals surface area contributed by atoms with Gasteiger partial charge in [0, 0.05) is 28.0 Å². The molecule has 0 fully saturated rings. The van der Waals surface area contributed by atoms with E-state index in [0.29, 0.717) is 34.0 Å². The number of thioether (sulfide) groups is 1. The quantitative estimate of drug-likeness (QED) is 0.459. The highest BCUT2D eigenvalue weighted by Crippen LogP contribution is 2.22. The number of rotatable bonds is 8. The van der Waals surface area contributed by atoms with Crippen molar-refractivity contribution in [2.75, 3.05) is 16.4 Å². The van der Waals surface area contributed by atoms with Crippen LogP contribution in [0.4, 0.5) is 11.4 Å². The van der Waals surface area contributed by atoms with E-state index in [1.807, 2.05) is 36.6 Å². The summed E-state index contributed by atoms with van der Waals surface area (Å²) in [5.74, 6) is 0.893. The Balaban J connectivity index is 1.58. The van der Waals surface area contributed by atoms with Gasteiger partial charge in [-0.25, -0.2) is 0 Å². The van der Waals surface area contributed by atoms with E-state index in [2.05, 4.69) is 20.8 Å². The predicted molar refractivity (Wildman–Crippen MR) is 120 cm³/mol. The predicted octanol–water partition coefficient (Wildman–Crippen LogP) is 5.26. The zero-order chi connectivity index (χ0) is 20.8. The van der Waals surface area contributed by atoms with E-state index in [9.17, 15) is 4.79 Å². The third-order valence-electron chi connectivity index (χ3n) is 4.17. The maximum Gasteiger partial charge on any atom is 0.234 e. The summed E-state index contributed by atoms with van der Waals surface area (Å²) in [6, 6.07) is 12.9. The summed E-state index contributed by atoms with van der Waals surface area (Å²) in [4.78, 5) is 12.2. The number of nitrogens with zero attached hydrogens (tertiary/aromatic N) is 3. The second kappa shape index (κ2) is 10.0. The van der Waals surface area contributed by atoms with Crippen LogP contribution in [-0.2, 0) is 17.9 Å². The first kappa shape index (κ1) is 21.5. The summed E-state index contributed by atoms with van der Waals surface area (Å²) in [6.45, 7) is 5.20. The van der Waals surface area contributed by atoms with E-state index in [1.54, 1.807) is 24.3 Å². The molecule has 29 heavy (non-hydrogen) atoms. The molecule has 0 atom stereocenters. The molecule has 9 heteroatoms. The number of halogens is 2. The molecule has 1 heterocycles. The average molecular weight is 450 g/mol. The van der Waals surface area contributed by atoms with Gasteiger partial charge >= 0.3 is 0 Å². The number of benzene rings is 2. The van der Waals surface area contributed by atoms with Crippen molar-refractivity contribution in [1.29, 1.82) is 0 Å². The lowest BCUT2D eigenvalue weighted by Crippen LogP contribution is -2.15. The molecule has 0 aliphatic heterocycles. The minimum absolute atomic E-state index is 0.128. The van der Waals surface area contributed by atoms with Crippen LogP contribution in [0.5, 0.6) is 0 Å². The molecular weight excluding hydrogens is 429 g/mol. The Bertz CT molecular complexity index is 1010. The molecule has 6 nitrogen and oxygen atoms in total. The smallest absolute Gasteiger partial charge is 0.234 e. The van der Waals surface area contributed by atoms with Gasteiger partial charge in [-0.05, 0) is 49.7 Å². The van der Waals surface area contributed by atoms with Crippen LogP contribution in [0.3, 0.4) is 0 Å². The van der Waals surface area contributed by atoms with Gasteiger partial charge in [0.25, 0.3) is 0 Å². The lowest BCUT2D eigenvalue weighted by molar-refractivity contribution is -0.113. The highest BCUT2D eigenvalue weighted by molar-refractivity contribution is 7.99. The number of hydrogen-bond donors (Lipinski definition) is 2. The first-order valence-electron chi connectivity index (χ1n) is 9.06. The average Bonchev–Trinajstić information content (AvgIpc) is 3.09. The van der Waals surface area contributed by atoms with Crippen molar-refractivity contribution >= 4 is 52.2 Å². The van der Waals surface area contributed by atoms with Crippen molar-refractivity contribution in [3.63, 3.8) is 0 Å². The fraction of sp³-hybridized carbons (Fsp3) is 0.250. The molecule has 3 rings (SSSR count). The van der Waals surface area contributed by atoms with E-state index >= 15 is 0 Å². The van der Waals surface area contributed by atoms with E-state index in [1.165, 1.54) is 11.8 Å². The van der Waals surface area contributed by atoms with Crippen molar-refractivity contribution in [2.45, 2.75) is 32.1 Å². The summed E-state index contributed by atoms with van der Waals surface area (Å²) >= 11 is 13.5. The molecule has 0 unspecified atom stereocenters. The topological polar surface area (TPSA) is 71.8 Å². The molecule has 2 N–H and O–H groups in total. The van der Waals surface area contributed by atoms with E-state index in [4.69, 9.17) is 23.2 Å². The molecule has 1 aromatic heterocycles. The molecule has 0 spiro atoms. The van der Waals surface area contributed by atoms with E-state index in [0.717, 1.165) is 17.1 Å². The Kier molecular flexibility index (Phi) is 7.41. The Hall–Kier alpha value is -2.22. The molecule has 0 saturated carbocycles. The molecule has 0 saturated heterocycles. The molecule has 0 radical (unpaired) electrons.